The smallest absolute Gasteiger partial charge is 0.306 e. The standard InChI is InChI=1S/C43H76O15/c1-3-5-7-9-11-13-14-15-16-17-18-20-22-24-26-35(46)56-31(28-53-34(45)25-23-21-19-12-10-8-6-4-2)29-54-42-41(52)39(50)37(48)33(58-42)30-55-43-40(51)38(49)36(47)32(27-44)57-43/h9,11,14-15,31-33,36-44,47-52H,3-8,10,12-13,16-30H2,1-2H3/b11-9-,15-14-. The second kappa shape index (κ2) is 31.8. The van der Waals surface area contributed by atoms with Gasteiger partial charge in [-0.25, -0.2) is 0 Å². The molecule has 2 aliphatic rings. The molecule has 2 heterocycles. The van der Waals surface area contributed by atoms with Gasteiger partial charge in [-0.1, -0.05) is 115 Å². The third-order valence-corrected chi connectivity index (χ3v) is 10.4. The largest absolute Gasteiger partial charge is 0.462 e. The first kappa shape index (κ1) is 52.1. The van der Waals surface area contributed by atoms with Crippen LogP contribution >= 0.6 is 0 Å². The third-order valence-electron chi connectivity index (χ3n) is 10.4. The molecule has 0 aliphatic carbocycles. The molecule has 0 spiro atoms. The van der Waals surface area contributed by atoms with Crippen molar-refractivity contribution >= 4 is 11.9 Å². The van der Waals surface area contributed by atoms with Crippen LogP contribution in [0, 0.1) is 0 Å². The van der Waals surface area contributed by atoms with E-state index in [1.807, 2.05) is 0 Å². The molecule has 58 heavy (non-hydrogen) atoms. The molecule has 0 radical (unpaired) electrons. The van der Waals surface area contributed by atoms with Crippen LogP contribution < -0.4 is 0 Å². The lowest BCUT2D eigenvalue weighted by Crippen LogP contribution is -2.61. The van der Waals surface area contributed by atoms with Crippen LogP contribution in [0.25, 0.3) is 0 Å². The number of carbonyl (C=O) groups excluding carboxylic acids is 2. The molecule has 11 unspecified atom stereocenters. The maximum Gasteiger partial charge on any atom is 0.306 e. The van der Waals surface area contributed by atoms with Crippen molar-refractivity contribution in [2.45, 2.75) is 210 Å². The Morgan fingerprint density at radius 2 is 1.05 bits per heavy atom. The van der Waals surface area contributed by atoms with E-state index in [9.17, 15) is 45.3 Å². The predicted octanol–water partition coefficient (Wildman–Crippen LogP) is 4.04. The van der Waals surface area contributed by atoms with E-state index in [1.165, 1.54) is 38.5 Å². The minimum Gasteiger partial charge on any atom is -0.462 e. The van der Waals surface area contributed by atoms with Gasteiger partial charge in [-0.05, 0) is 38.5 Å². The summed E-state index contributed by atoms with van der Waals surface area (Å²) in [6.07, 6.45) is 11.0. The van der Waals surface area contributed by atoms with Crippen LogP contribution in [0.2, 0.25) is 0 Å². The fourth-order valence-electron chi connectivity index (χ4n) is 6.70. The van der Waals surface area contributed by atoms with Crippen LogP contribution in [0.1, 0.15) is 142 Å². The van der Waals surface area contributed by atoms with Gasteiger partial charge in [0.25, 0.3) is 0 Å². The summed E-state index contributed by atoms with van der Waals surface area (Å²) in [5.74, 6) is -0.947. The Labute approximate surface area is 345 Å². The van der Waals surface area contributed by atoms with Gasteiger partial charge < -0.3 is 64.2 Å². The number of hydrogen-bond acceptors (Lipinski definition) is 15. The quantitative estimate of drug-likeness (QED) is 0.0288. The number of aliphatic hydroxyl groups excluding tert-OH is 7. The van der Waals surface area contributed by atoms with E-state index in [0.717, 1.165) is 64.2 Å². The lowest BCUT2D eigenvalue weighted by molar-refractivity contribution is -0.332. The number of allylic oxidation sites excluding steroid dienone is 4. The van der Waals surface area contributed by atoms with Crippen molar-refractivity contribution in [1.29, 1.82) is 0 Å². The average molecular weight is 833 g/mol. The molecule has 0 saturated carbocycles. The molecular weight excluding hydrogens is 756 g/mol. The SMILES string of the molecule is CCCC/C=C\C/C=C\CCCCCCCC(=O)OC(COC(=O)CCCCCCCCCC)COC1OC(COC2OC(CO)C(O)C(O)C2O)C(O)C(O)C1O. The number of carbonyl (C=O) groups is 2. The van der Waals surface area contributed by atoms with Crippen LogP contribution in [-0.4, -0.2) is 142 Å². The van der Waals surface area contributed by atoms with E-state index in [2.05, 4.69) is 38.2 Å². The van der Waals surface area contributed by atoms with Crippen LogP contribution in [0.5, 0.6) is 0 Å². The van der Waals surface area contributed by atoms with Gasteiger partial charge >= 0.3 is 11.9 Å². The van der Waals surface area contributed by atoms with Crippen LogP contribution in [-0.2, 0) is 38.0 Å². The lowest BCUT2D eigenvalue weighted by Gasteiger charge is -2.42. The van der Waals surface area contributed by atoms with Crippen molar-refractivity contribution in [3.8, 4) is 0 Å². The summed E-state index contributed by atoms with van der Waals surface area (Å²) in [6.45, 7) is 2.47. The number of esters is 2. The number of rotatable bonds is 32. The van der Waals surface area contributed by atoms with Crippen LogP contribution in [0.15, 0.2) is 24.3 Å². The maximum atomic E-state index is 12.9. The van der Waals surface area contributed by atoms with E-state index in [-0.39, 0.29) is 26.1 Å². The van der Waals surface area contributed by atoms with Gasteiger partial charge in [-0.3, -0.25) is 9.59 Å². The Morgan fingerprint density at radius 3 is 1.66 bits per heavy atom. The van der Waals surface area contributed by atoms with Gasteiger partial charge in [-0.2, -0.15) is 0 Å². The first-order valence-electron chi connectivity index (χ1n) is 21.9. The summed E-state index contributed by atoms with van der Waals surface area (Å²) in [5, 5.41) is 71.7. The number of hydrogen-bond donors (Lipinski definition) is 7. The Morgan fingerprint density at radius 1 is 0.552 bits per heavy atom. The van der Waals surface area contributed by atoms with E-state index < -0.39 is 92.7 Å². The van der Waals surface area contributed by atoms with Gasteiger partial charge in [0.1, 0.15) is 55.4 Å². The van der Waals surface area contributed by atoms with Gasteiger partial charge in [0.2, 0.25) is 0 Å². The van der Waals surface area contributed by atoms with E-state index in [0.29, 0.717) is 12.8 Å². The van der Waals surface area contributed by atoms with E-state index >= 15 is 0 Å². The van der Waals surface area contributed by atoms with Crippen molar-refractivity contribution in [2.75, 3.05) is 26.4 Å². The van der Waals surface area contributed by atoms with Crippen molar-refractivity contribution in [3.05, 3.63) is 24.3 Å². The molecular formula is C43H76O15. The molecule has 2 aliphatic heterocycles. The molecule has 0 bridgehead atoms. The highest BCUT2D eigenvalue weighted by Gasteiger charge is 2.47. The second-order valence-electron chi connectivity index (χ2n) is 15.5. The maximum absolute atomic E-state index is 12.9. The van der Waals surface area contributed by atoms with Gasteiger partial charge in [0, 0.05) is 12.8 Å². The van der Waals surface area contributed by atoms with Crippen molar-refractivity contribution in [1.82, 2.24) is 0 Å². The molecule has 11 atom stereocenters. The van der Waals surface area contributed by atoms with Crippen LogP contribution in [0.3, 0.4) is 0 Å². The second-order valence-corrected chi connectivity index (χ2v) is 15.5. The summed E-state index contributed by atoms with van der Waals surface area (Å²) in [4.78, 5) is 25.5. The van der Waals surface area contributed by atoms with Crippen molar-refractivity contribution in [3.63, 3.8) is 0 Å². The van der Waals surface area contributed by atoms with Gasteiger partial charge in [0.15, 0.2) is 18.7 Å². The first-order valence-corrected chi connectivity index (χ1v) is 21.9. The minimum atomic E-state index is -1.76. The molecule has 0 aromatic rings. The zero-order valence-corrected chi connectivity index (χ0v) is 35.0. The average Bonchev–Trinajstić information content (AvgIpc) is 3.21. The topological polar surface area (TPSA) is 231 Å². The first-order chi connectivity index (χ1) is 28.0. The summed E-state index contributed by atoms with van der Waals surface area (Å²) < 4.78 is 33.3. The molecule has 0 aromatic carbocycles. The molecule has 0 amide bonds. The fraction of sp³-hybridized carbons (Fsp3) is 0.860. The van der Waals surface area contributed by atoms with Crippen molar-refractivity contribution < 1.29 is 73.8 Å². The normalized spacial score (nSPS) is 28.3. The Hall–Kier alpha value is -2.02. The fourth-order valence-corrected chi connectivity index (χ4v) is 6.70. The zero-order chi connectivity index (χ0) is 42.5. The Bertz CT molecular complexity index is 1120. The van der Waals surface area contributed by atoms with E-state index in [1.54, 1.807) is 0 Å². The minimum absolute atomic E-state index is 0.151. The third kappa shape index (κ3) is 21.0. The number of ether oxygens (including phenoxy) is 6. The highest BCUT2D eigenvalue weighted by atomic mass is 16.7. The predicted molar refractivity (Wildman–Crippen MR) is 215 cm³/mol. The van der Waals surface area contributed by atoms with Crippen LogP contribution in [0.4, 0.5) is 0 Å². The van der Waals surface area contributed by atoms with Gasteiger partial charge in [0.05, 0.1) is 19.8 Å². The molecule has 15 nitrogen and oxygen atoms in total. The summed E-state index contributed by atoms with van der Waals surface area (Å²) in [5.41, 5.74) is 0. The van der Waals surface area contributed by atoms with E-state index in [4.69, 9.17) is 28.4 Å². The lowest BCUT2D eigenvalue weighted by atomic mass is 9.98. The molecule has 2 fully saturated rings. The molecule has 7 N–H and O–H groups in total. The summed E-state index contributed by atoms with van der Waals surface area (Å²) >= 11 is 0. The molecule has 0 aromatic heterocycles. The number of aliphatic hydroxyl groups is 7. The molecule has 2 rings (SSSR count). The Balaban J connectivity index is 1.87. The molecule has 15 heteroatoms. The zero-order valence-electron chi connectivity index (χ0n) is 35.0. The highest BCUT2D eigenvalue weighted by Crippen LogP contribution is 2.26. The van der Waals surface area contributed by atoms with Crippen molar-refractivity contribution in [2.24, 2.45) is 0 Å². The number of unbranched alkanes of at least 4 members (excludes halogenated alkanes) is 14. The van der Waals surface area contributed by atoms with Gasteiger partial charge in [-0.15, -0.1) is 0 Å². The summed E-state index contributed by atoms with van der Waals surface area (Å²) in [6, 6.07) is 0. The summed E-state index contributed by atoms with van der Waals surface area (Å²) in [7, 11) is 0. The molecule has 2 saturated heterocycles. The Kier molecular flexibility index (Phi) is 28.6. The molecule has 338 valence electrons. The highest BCUT2D eigenvalue weighted by molar-refractivity contribution is 5.70. The monoisotopic (exact) mass is 833 g/mol.